The number of thiol groups is 2. The fraction of sp³-hybridized carbons (Fsp3) is 0.688. The number of carbonyl (C=O) groups excluding carboxylic acids is 4. The molecule has 6 N–H and O–H groups in total. The summed E-state index contributed by atoms with van der Waals surface area (Å²) >= 11 is 7.79. The molecule has 164 valence electrons. The fourth-order valence-corrected chi connectivity index (χ4v) is 3.09. The quantitative estimate of drug-likeness (QED) is 0.179. The minimum atomic E-state index is -1.22. The van der Waals surface area contributed by atoms with E-state index in [-0.39, 0.29) is 18.1 Å². The van der Waals surface area contributed by atoms with Crippen LogP contribution in [0.3, 0.4) is 0 Å². The maximum Gasteiger partial charge on any atom is 0.327 e. The number of likely N-dealkylation sites (tertiary alicyclic amines) is 1. The molecular weight excluding hydrogens is 422 g/mol. The molecule has 1 rings (SSSR count). The van der Waals surface area contributed by atoms with E-state index in [1.54, 1.807) is 0 Å². The van der Waals surface area contributed by atoms with Gasteiger partial charge in [0.25, 0.3) is 0 Å². The molecule has 0 radical (unpaired) electrons. The predicted molar refractivity (Wildman–Crippen MR) is 111 cm³/mol. The highest BCUT2D eigenvalue weighted by Crippen LogP contribution is 2.17. The zero-order valence-corrected chi connectivity index (χ0v) is 17.7. The number of amides is 4. The SMILES string of the molecule is C[C@@H](NC(=O)[C@@H](N)CS)C(=O)NCC(=O)N1CCC[C@H]1C(=O)N[C@@H](CS)C(=O)O. The van der Waals surface area contributed by atoms with Gasteiger partial charge in [0.05, 0.1) is 12.6 Å². The van der Waals surface area contributed by atoms with Crippen LogP contribution in [0.4, 0.5) is 0 Å². The van der Waals surface area contributed by atoms with Crippen molar-refractivity contribution in [1.82, 2.24) is 20.9 Å². The summed E-state index contributed by atoms with van der Waals surface area (Å²) < 4.78 is 0. The average molecular weight is 450 g/mol. The van der Waals surface area contributed by atoms with E-state index in [2.05, 4.69) is 41.2 Å². The van der Waals surface area contributed by atoms with Crippen LogP contribution in [0.2, 0.25) is 0 Å². The van der Waals surface area contributed by atoms with Crippen LogP contribution in [-0.2, 0) is 24.0 Å². The van der Waals surface area contributed by atoms with Crippen LogP contribution >= 0.6 is 25.3 Å². The van der Waals surface area contributed by atoms with Gasteiger partial charge in [-0.3, -0.25) is 19.2 Å². The number of nitrogens with one attached hydrogen (secondary N) is 3. The van der Waals surface area contributed by atoms with E-state index in [0.717, 1.165) is 0 Å². The minimum Gasteiger partial charge on any atom is -0.480 e. The number of nitrogens with two attached hydrogens (primary N) is 1. The van der Waals surface area contributed by atoms with Crippen molar-refractivity contribution in [2.45, 2.75) is 43.9 Å². The average Bonchev–Trinajstić information content (AvgIpc) is 3.18. The molecular formula is C16H27N5O6S2. The zero-order valence-electron chi connectivity index (χ0n) is 16.0. The Kier molecular flexibility index (Phi) is 10.3. The molecule has 0 aromatic carbocycles. The topological polar surface area (TPSA) is 171 Å². The lowest BCUT2D eigenvalue weighted by Gasteiger charge is -2.25. The van der Waals surface area contributed by atoms with Crippen molar-refractivity contribution in [3.63, 3.8) is 0 Å². The van der Waals surface area contributed by atoms with Gasteiger partial charge in [-0.05, 0) is 19.8 Å². The van der Waals surface area contributed by atoms with Gasteiger partial charge in [-0.15, -0.1) is 0 Å². The standard InChI is InChI=1S/C16H27N5O6S2/c1-8(19-14(24)9(17)6-28)13(23)18-5-12(22)21-4-2-3-11(21)15(25)20-10(7-29)16(26)27/h8-11,28-29H,2-7,17H2,1H3,(H,18,23)(H,19,24)(H,20,25)(H,26,27)/t8-,9+,10+,11+/m1/s1. The Morgan fingerprint density at radius 3 is 2.34 bits per heavy atom. The molecule has 1 heterocycles. The van der Waals surface area contributed by atoms with Crippen LogP contribution in [-0.4, -0.2) is 88.4 Å². The number of aliphatic carboxylic acids is 1. The summed E-state index contributed by atoms with van der Waals surface area (Å²) in [5.74, 6) is -3.37. The van der Waals surface area contributed by atoms with Gasteiger partial charge in [0.15, 0.2) is 0 Å². The van der Waals surface area contributed by atoms with Crippen LogP contribution in [0.5, 0.6) is 0 Å². The van der Waals surface area contributed by atoms with Crippen LogP contribution in [0, 0.1) is 0 Å². The Morgan fingerprint density at radius 2 is 1.79 bits per heavy atom. The first-order valence-corrected chi connectivity index (χ1v) is 10.3. The highest BCUT2D eigenvalue weighted by atomic mass is 32.1. The van der Waals surface area contributed by atoms with Crippen LogP contribution in [0.25, 0.3) is 0 Å². The summed E-state index contributed by atoms with van der Waals surface area (Å²) in [6, 6.07) is -3.74. The number of carbonyl (C=O) groups is 5. The number of hydrogen-bond acceptors (Lipinski definition) is 8. The second-order valence-corrected chi connectivity index (χ2v) is 7.29. The number of hydrogen-bond donors (Lipinski definition) is 7. The Labute approximate surface area is 179 Å². The molecule has 4 amide bonds. The molecule has 0 aliphatic carbocycles. The molecule has 0 saturated carbocycles. The van der Waals surface area contributed by atoms with Crippen molar-refractivity contribution in [3.8, 4) is 0 Å². The molecule has 0 bridgehead atoms. The van der Waals surface area contributed by atoms with Gasteiger partial charge < -0.3 is 31.7 Å². The first-order chi connectivity index (χ1) is 13.6. The van der Waals surface area contributed by atoms with Crippen molar-refractivity contribution >= 4 is 54.9 Å². The van der Waals surface area contributed by atoms with Gasteiger partial charge in [-0.2, -0.15) is 25.3 Å². The highest BCUT2D eigenvalue weighted by molar-refractivity contribution is 7.80. The molecule has 4 atom stereocenters. The van der Waals surface area contributed by atoms with Crippen molar-refractivity contribution in [2.75, 3.05) is 24.6 Å². The van der Waals surface area contributed by atoms with E-state index in [0.29, 0.717) is 19.4 Å². The molecule has 1 saturated heterocycles. The third-order valence-corrected chi connectivity index (χ3v) is 5.13. The number of carboxylic acid groups (broad SMARTS) is 1. The number of rotatable bonds is 10. The fourth-order valence-electron chi connectivity index (χ4n) is 2.68. The van der Waals surface area contributed by atoms with Gasteiger partial charge in [0.2, 0.25) is 23.6 Å². The lowest BCUT2D eigenvalue weighted by atomic mass is 10.2. The van der Waals surface area contributed by atoms with Gasteiger partial charge in [-0.1, -0.05) is 0 Å². The van der Waals surface area contributed by atoms with Gasteiger partial charge in [0.1, 0.15) is 18.1 Å². The first kappa shape index (κ1) is 25.0. The molecule has 11 nitrogen and oxygen atoms in total. The maximum absolute atomic E-state index is 12.4. The largest absolute Gasteiger partial charge is 0.480 e. The third kappa shape index (κ3) is 7.40. The normalized spacial score (nSPS) is 19.0. The van der Waals surface area contributed by atoms with Crippen LogP contribution < -0.4 is 21.7 Å². The monoisotopic (exact) mass is 449 g/mol. The van der Waals surface area contributed by atoms with E-state index < -0.39 is 53.8 Å². The van der Waals surface area contributed by atoms with E-state index in [1.165, 1.54) is 11.8 Å². The van der Waals surface area contributed by atoms with E-state index >= 15 is 0 Å². The number of nitrogens with zero attached hydrogens (tertiary/aromatic N) is 1. The second-order valence-electron chi connectivity index (χ2n) is 6.56. The zero-order chi connectivity index (χ0) is 22.1. The van der Waals surface area contributed by atoms with Gasteiger partial charge in [-0.25, -0.2) is 4.79 Å². The van der Waals surface area contributed by atoms with E-state index in [9.17, 15) is 24.0 Å². The third-order valence-electron chi connectivity index (χ3n) is 4.37. The van der Waals surface area contributed by atoms with Gasteiger partial charge >= 0.3 is 5.97 Å². The Bertz CT molecular complexity index is 649. The summed E-state index contributed by atoms with van der Waals surface area (Å²) in [6.07, 6.45) is 0.961. The van der Waals surface area contributed by atoms with Crippen molar-refractivity contribution in [1.29, 1.82) is 0 Å². The van der Waals surface area contributed by atoms with Crippen LogP contribution in [0.15, 0.2) is 0 Å². The smallest absolute Gasteiger partial charge is 0.327 e. The Hall–Kier alpha value is -1.99. The molecule has 0 spiro atoms. The predicted octanol–water partition coefficient (Wildman–Crippen LogP) is -2.65. The summed E-state index contributed by atoms with van der Waals surface area (Å²) in [4.78, 5) is 60.9. The first-order valence-electron chi connectivity index (χ1n) is 9.00. The minimum absolute atomic E-state index is 0.0850. The van der Waals surface area contributed by atoms with Crippen molar-refractivity contribution < 1.29 is 29.1 Å². The molecule has 1 aliphatic rings. The molecule has 0 aromatic heterocycles. The summed E-state index contributed by atoms with van der Waals surface area (Å²) in [7, 11) is 0. The molecule has 1 fully saturated rings. The molecule has 0 unspecified atom stereocenters. The van der Waals surface area contributed by atoms with E-state index in [1.807, 2.05) is 0 Å². The second kappa shape index (κ2) is 11.9. The molecule has 1 aliphatic heterocycles. The molecule has 0 aromatic rings. The maximum atomic E-state index is 12.4. The lowest BCUT2D eigenvalue weighted by molar-refractivity contribution is -0.143. The number of carboxylic acids is 1. The van der Waals surface area contributed by atoms with Crippen molar-refractivity contribution in [2.24, 2.45) is 5.73 Å². The lowest BCUT2D eigenvalue weighted by Crippen LogP contribution is -2.54. The summed E-state index contributed by atoms with van der Waals surface area (Å²) in [5.41, 5.74) is 5.52. The molecule has 29 heavy (non-hydrogen) atoms. The van der Waals surface area contributed by atoms with E-state index in [4.69, 9.17) is 10.8 Å². The van der Waals surface area contributed by atoms with Crippen molar-refractivity contribution in [3.05, 3.63) is 0 Å². The van der Waals surface area contributed by atoms with Gasteiger partial charge in [0, 0.05) is 18.1 Å². The summed E-state index contributed by atoms with van der Waals surface area (Å²) in [5, 5.41) is 16.2. The Balaban J connectivity index is 2.57. The molecule has 13 heteroatoms. The highest BCUT2D eigenvalue weighted by Gasteiger charge is 2.35. The Morgan fingerprint density at radius 1 is 1.14 bits per heavy atom. The summed E-state index contributed by atoms with van der Waals surface area (Å²) in [6.45, 7) is 1.39. The van der Waals surface area contributed by atoms with Crippen LogP contribution in [0.1, 0.15) is 19.8 Å².